The van der Waals surface area contributed by atoms with Gasteiger partial charge in [-0.2, -0.15) is 5.10 Å². The van der Waals surface area contributed by atoms with Crippen molar-refractivity contribution in [2.24, 2.45) is 5.92 Å². The maximum atomic E-state index is 13.8. The number of amides is 4. The number of hydrogen-bond acceptors (Lipinski definition) is 8. The van der Waals surface area contributed by atoms with E-state index < -0.39 is 12.1 Å². The van der Waals surface area contributed by atoms with Gasteiger partial charge in [0.1, 0.15) is 18.4 Å². The maximum absolute atomic E-state index is 13.8. The number of carbonyl (C=O) groups excluding carboxylic acids is 4. The van der Waals surface area contributed by atoms with Crippen molar-refractivity contribution in [2.45, 2.75) is 65.1 Å². The van der Waals surface area contributed by atoms with Crippen LogP contribution in [0.4, 0.5) is 0 Å². The number of hydrogen-bond donors (Lipinski definition) is 3. The third-order valence-electron chi connectivity index (χ3n) is 7.94. The topological polar surface area (TPSA) is 157 Å². The first kappa shape index (κ1) is 32.5. The van der Waals surface area contributed by atoms with E-state index >= 15 is 0 Å². The van der Waals surface area contributed by atoms with Crippen LogP contribution in [-0.4, -0.2) is 75.8 Å². The Morgan fingerprint density at radius 1 is 0.978 bits per heavy atom. The van der Waals surface area contributed by atoms with E-state index in [2.05, 4.69) is 26.0 Å². The van der Waals surface area contributed by atoms with Gasteiger partial charge in [0.05, 0.1) is 6.04 Å². The number of fused-ring (bicyclic) bond motifs is 2. The van der Waals surface area contributed by atoms with Gasteiger partial charge in [-0.25, -0.2) is 9.67 Å². The van der Waals surface area contributed by atoms with Crippen LogP contribution >= 0.6 is 0 Å². The van der Waals surface area contributed by atoms with Crippen LogP contribution in [0, 0.1) is 12.8 Å². The Labute approximate surface area is 268 Å². The fraction of sp³-hybridized carbons (Fsp3) is 0.455. The summed E-state index contributed by atoms with van der Waals surface area (Å²) in [7, 11) is 0. The smallest absolute Gasteiger partial charge is 0.253 e. The van der Waals surface area contributed by atoms with Crippen molar-refractivity contribution in [3.63, 3.8) is 0 Å². The lowest BCUT2D eigenvalue weighted by atomic mass is 10.0. The van der Waals surface area contributed by atoms with Gasteiger partial charge in [-0.1, -0.05) is 44.2 Å². The number of benzene rings is 2. The Balaban J connectivity index is 1.39. The van der Waals surface area contributed by atoms with Gasteiger partial charge < -0.3 is 30.3 Å². The van der Waals surface area contributed by atoms with Gasteiger partial charge in [-0.15, -0.1) is 0 Å². The van der Waals surface area contributed by atoms with Crippen LogP contribution in [0.3, 0.4) is 0 Å². The van der Waals surface area contributed by atoms with Gasteiger partial charge in [-0.3, -0.25) is 19.2 Å². The van der Waals surface area contributed by atoms with Crippen LogP contribution < -0.4 is 25.4 Å². The van der Waals surface area contributed by atoms with E-state index in [1.165, 1.54) is 4.68 Å². The molecular weight excluding hydrogens is 590 g/mol. The molecule has 46 heavy (non-hydrogen) atoms. The quantitative estimate of drug-likeness (QED) is 0.396. The molecule has 2 aliphatic rings. The predicted octanol–water partition coefficient (Wildman–Crippen LogP) is 2.30. The van der Waals surface area contributed by atoms with Crippen molar-refractivity contribution in [3.05, 3.63) is 71.3 Å². The molecule has 0 saturated carbocycles. The molecule has 0 aliphatic carbocycles. The summed E-state index contributed by atoms with van der Waals surface area (Å²) >= 11 is 0. The summed E-state index contributed by atoms with van der Waals surface area (Å²) in [5, 5.41) is 13.3. The zero-order chi connectivity index (χ0) is 32.6. The maximum Gasteiger partial charge on any atom is 0.253 e. The Kier molecular flexibility index (Phi) is 10.5. The van der Waals surface area contributed by atoms with E-state index in [0.29, 0.717) is 61.2 Å². The zero-order valence-corrected chi connectivity index (χ0v) is 26.5. The number of aromatic nitrogens is 3. The summed E-state index contributed by atoms with van der Waals surface area (Å²) in [6, 6.07) is 13.1. The second-order valence-electron chi connectivity index (χ2n) is 11.9. The van der Waals surface area contributed by atoms with Gasteiger partial charge >= 0.3 is 0 Å². The Morgan fingerprint density at radius 2 is 1.74 bits per heavy atom. The van der Waals surface area contributed by atoms with E-state index in [4.69, 9.17) is 9.47 Å². The minimum absolute atomic E-state index is 0.0821. The Hall–Kier alpha value is -4.94. The molecule has 2 aromatic carbocycles. The molecule has 4 amide bonds. The minimum atomic E-state index is -0.859. The van der Waals surface area contributed by atoms with E-state index in [0.717, 1.165) is 5.56 Å². The monoisotopic (exact) mass is 631 g/mol. The summed E-state index contributed by atoms with van der Waals surface area (Å²) in [6.07, 6.45) is 1.28. The fourth-order valence-corrected chi connectivity index (χ4v) is 5.57. The minimum Gasteiger partial charge on any atom is -0.454 e. The molecule has 0 spiro atoms. The molecule has 3 N–H and O–H groups in total. The van der Waals surface area contributed by atoms with Crippen molar-refractivity contribution >= 4 is 23.6 Å². The van der Waals surface area contributed by atoms with E-state index in [1.807, 2.05) is 44.2 Å². The third kappa shape index (κ3) is 8.20. The normalized spacial score (nSPS) is 19.8. The van der Waals surface area contributed by atoms with Gasteiger partial charge in [0, 0.05) is 38.0 Å². The summed E-state index contributed by atoms with van der Waals surface area (Å²) in [5.74, 6) is 0.795. The molecule has 3 aromatic rings. The lowest BCUT2D eigenvalue weighted by Crippen LogP contribution is -2.50. The van der Waals surface area contributed by atoms with Crippen LogP contribution in [0.25, 0.3) is 0 Å². The largest absolute Gasteiger partial charge is 0.454 e. The Bertz CT molecular complexity index is 1560. The average molecular weight is 632 g/mol. The molecule has 5 rings (SSSR count). The first-order valence-electron chi connectivity index (χ1n) is 15.7. The van der Waals surface area contributed by atoms with Crippen LogP contribution in [-0.2, 0) is 27.3 Å². The zero-order valence-electron chi connectivity index (χ0n) is 26.5. The lowest BCUT2D eigenvalue weighted by Gasteiger charge is -2.26. The first-order chi connectivity index (χ1) is 22.2. The summed E-state index contributed by atoms with van der Waals surface area (Å²) in [4.78, 5) is 59.8. The number of carbonyl (C=O) groups is 4. The molecule has 0 fully saturated rings. The molecule has 3 heterocycles. The molecule has 0 saturated heterocycles. The lowest BCUT2D eigenvalue weighted by molar-refractivity contribution is -0.129. The van der Waals surface area contributed by atoms with Crippen molar-refractivity contribution in [2.75, 3.05) is 26.4 Å². The molecule has 2 aliphatic heterocycles. The molecular formula is C33H41N7O6. The highest BCUT2D eigenvalue weighted by atomic mass is 16.7. The first-order valence-corrected chi connectivity index (χ1v) is 15.7. The summed E-state index contributed by atoms with van der Waals surface area (Å²) < 4.78 is 12.3. The van der Waals surface area contributed by atoms with E-state index in [9.17, 15) is 19.2 Å². The highest BCUT2D eigenvalue weighted by molar-refractivity contribution is 5.95. The summed E-state index contributed by atoms with van der Waals surface area (Å²) in [6.45, 7) is 6.65. The standard InChI is InChI=1S/C33H41N7O6/c1-21(2)30-31-35-22(3)38-40(31)19-29(42)34-14-8-16-39(33(44)24-12-13-26-27(18-24)46-20-45-26)15-7-11-28(41)36-25(32(43)37-30)17-23-9-5-4-6-10-23/h4-6,9-10,12-13,18,21,25,30H,7-8,11,14-17,19-20H2,1-3H3,(H,34,42)(H,36,41)(H,37,43)/t25-,30+/m1/s1. The third-order valence-corrected chi connectivity index (χ3v) is 7.94. The van der Waals surface area contributed by atoms with E-state index in [1.54, 1.807) is 30.0 Å². The van der Waals surface area contributed by atoms with Crippen LogP contribution in [0.2, 0.25) is 0 Å². The molecule has 13 nitrogen and oxygen atoms in total. The molecule has 0 bridgehead atoms. The fourth-order valence-electron chi connectivity index (χ4n) is 5.57. The Morgan fingerprint density at radius 3 is 2.52 bits per heavy atom. The van der Waals surface area contributed by atoms with E-state index in [-0.39, 0.29) is 55.7 Å². The second-order valence-corrected chi connectivity index (χ2v) is 11.9. The van der Waals surface area contributed by atoms with Crippen LogP contribution in [0.15, 0.2) is 48.5 Å². The van der Waals surface area contributed by atoms with Gasteiger partial charge in [0.15, 0.2) is 17.3 Å². The van der Waals surface area contributed by atoms with Crippen molar-refractivity contribution in [3.8, 4) is 11.5 Å². The molecule has 0 radical (unpaired) electrons. The number of rotatable bonds is 4. The van der Waals surface area contributed by atoms with Crippen LogP contribution in [0.5, 0.6) is 11.5 Å². The average Bonchev–Trinajstić information content (AvgIpc) is 3.65. The van der Waals surface area contributed by atoms with Gasteiger partial charge in [0.2, 0.25) is 24.5 Å². The van der Waals surface area contributed by atoms with Crippen molar-refractivity contribution < 1.29 is 28.7 Å². The van der Waals surface area contributed by atoms with Crippen molar-refractivity contribution in [1.82, 2.24) is 35.6 Å². The number of nitrogens with zero attached hydrogens (tertiary/aromatic N) is 4. The molecule has 2 atom stereocenters. The molecule has 1 aromatic heterocycles. The molecule has 0 unspecified atom stereocenters. The van der Waals surface area contributed by atoms with Gasteiger partial charge in [0.25, 0.3) is 5.91 Å². The molecule has 13 heteroatoms. The van der Waals surface area contributed by atoms with Crippen LogP contribution in [0.1, 0.15) is 66.7 Å². The van der Waals surface area contributed by atoms with Crippen molar-refractivity contribution in [1.29, 1.82) is 0 Å². The number of nitrogens with one attached hydrogen (secondary N) is 3. The number of aryl methyl sites for hydroxylation is 1. The van der Waals surface area contributed by atoms with Gasteiger partial charge in [-0.05, 0) is 49.4 Å². The highest BCUT2D eigenvalue weighted by Crippen LogP contribution is 2.33. The highest BCUT2D eigenvalue weighted by Gasteiger charge is 2.30. The second kappa shape index (κ2) is 14.9. The SMILES string of the molecule is Cc1nc2n(n1)CC(=O)NCCCN(C(=O)c1ccc3c(c1)OCO3)CCCC(=O)N[C@H](Cc1ccccc1)C(=O)N[C@H]2C(C)C. The number of ether oxygens (including phenoxy) is 2. The molecule has 244 valence electrons. The predicted molar refractivity (Wildman–Crippen MR) is 168 cm³/mol. The summed E-state index contributed by atoms with van der Waals surface area (Å²) in [5.41, 5.74) is 1.33.